The van der Waals surface area contributed by atoms with Crippen LogP contribution in [0, 0.1) is 5.92 Å². The molecule has 1 atom stereocenters. The molecule has 110 valence electrons. The number of halogens is 1. The van der Waals surface area contributed by atoms with Crippen molar-refractivity contribution in [1.82, 2.24) is 9.88 Å². The molecule has 0 spiro atoms. The highest BCUT2D eigenvalue weighted by Gasteiger charge is 2.31. The fourth-order valence-electron chi connectivity index (χ4n) is 3.46. The van der Waals surface area contributed by atoms with Crippen LogP contribution >= 0.6 is 11.6 Å². The van der Waals surface area contributed by atoms with Crippen LogP contribution in [0.2, 0.25) is 5.02 Å². The van der Waals surface area contributed by atoms with E-state index in [0.29, 0.717) is 5.92 Å². The van der Waals surface area contributed by atoms with Crippen LogP contribution < -0.4 is 10.1 Å². The highest BCUT2D eigenvalue weighted by molar-refractivity contribution is 6.30. The van der Waals surface area contributed by atoms with Gasteiger partial charge in [0.05, 0.1) is 12.2 Å². The van der Waals surface area contributed by atoms with Crippen molar-refractivity contribution in [1.29, 1.82) is 0 Å². The minimum atomic E-state index is 0.127. The molecule has 0 aliphatic carbocycles. The average Bonchev–Trinajstić information content (AvgIpc) is 2.90. The first-order valence-electron chi connectivity index (χ1n) is 7.62. The summed E-state index contributed by atoms with van der Waals surface area (Å²) in [5, 5.41) is 4.17. The first kappa shape index (κ1) is 13.2. The summed E-state index contributed by atoms with van der Waals surface area (Å²) in [6, 6.07) is 10.3. The van der Waals surface area contributed by atoms with Crippen molar-refractivity contribution < 1.29 is 4.74 Å². The summed E-state index contributed by atoms with van der Waals surface area (Å²) in [4.78, 5) is 0. The number of nitrogens with one attached hydrogen (secondary N) is 1. The summed E-state index contributed by atoms with van der Waals surface area (Å²) in [6.45, 7) is 3.01. The van der Waals surface area contributed by atoms with E-state index in [1.165, 1.54) is 11.3 Å². The molecule has 3 nitrogen and oxygen atoms in total. The first-order valence-corrected chi connectivity index (χ1v) is 8.00. The lowest BCUT2D eigenvalue weighted by Crippen LogP contribution is -2.33. The number of rotatable bonds is 1. The number of fused-ring (bicyclic) bond motifs is 2. The average molecular weight is 303 g/mol. The number of piperidine rings is 1. The standard InChI is InChI=1S/C17H19ClN2O/c18-14-4-3-13-11-20-9-1-2-15(20)17(21-16(13)10-14)12-5-7-19-8-6-12/h1-4,9-10,12,17,19H,5-8,11H2. The number of hydrogen-bond donors (Lipinski definition) is 1. The molecule has 1 saturated heterocycles. The summed E-state index contributed by atoms with van der Waals surface area (Å²) in [7, 11) is 0. The van der Waals surface area contributed by atoms with Crippen LogP contribution in [0.1, 0.15) is 30.2 Å². The zero-order chi connectivity index (χ0) is 14.2. The van der Waals surface area contributed by atoms with Crippen molar-refractivity contribution in [3.63, 3.8) is 0 Å². The normalized spacial score (nSPS) is 22.0. The Labute approximate surface area is 129 Å². The second kappa shape index (κ2) is 5.39. The molecule has 0 amide bonds. The highest BCUT2D eigenvalue weighted by Crippen LogP contribution is 2.39. The van der Waals surface area contributed by atoms with Crippen LogP contribution in [-0.4, -0.2) is 17.7 Å². The van der Waals surface area contributed by atoms with Crippen molar-refractivity contribution in [2.24, 2.45) is 5.92 Å². The third-order valence-electron chi connectivity index (χ3n) is 4.59. The SMILES string of the molecule is Clc1ccc2c(c1)OC(C1CCNCC1)c1cccn1C2. The van der Waals surface area contributed by atoms with Crippen molar-refractivity contribution in [3.8, 4) is 5.75 Å². The molecule has 3 heterocycles. The lowest BCUT2D eigenvalue weighted by Gasteiger charge is -2.30. The Kier molecular flexibility index (Phi) is 3.40. The molecular weight excluding hydrogens is 284 g/mol. The number of aromatic nitrogens is 1. The van der Waals surface area contributed by atoms with E-state index in [4.69, 9.17) is 16.3 Å². The summed E-state index contributed by atoms with van der Waals surface area (Å²) in [6.07, 6.45) is 4.59. The van der Waals surface area contributed by atoms with Gasteiger partial charge < -0.3 is 14.6 Å². The van der Waals surface area contributed by atoms with Gasteiger partial charge in [0, 0.05) is 22.7 Å². The molecule has 1 aromatic carbocycles. The van der Waals surface area contributed by atoms with E-state index in [1.807, 2.05) is 12.1 Å². The number of nitrogens with zero attached hydrogens (tertiary/aromatic N) is 1. The minimum absolute atomic E-state index is 0.127. The van der Waals surface area contributed by atoms with Gasteiger partial charge in [-0.3, -0.25) is 0 Å². The zero-order valence-electron chi connectivity index (χ0n) is 11.9. The monoisotopic (exact) mass is 302 g/mol. The highest BCUT2D eigenvalue weighted by atomic mass is 35.5. The van der Waals surface area contributed by atoms with E-state index in [2.05, 4.69) is 34.3 Å². The molecule has 21 heavy (non-hydrogen) atoms. The van der Waals surface area contributed by atoms with Crippen LogP contribution in [0.5, 0.6) is 5.75 Å². The van der Waals surface area contributed by atoms with E-state index >= 15 is 0 Å². The second-order valence-electron chi connectivity index (χ2n) is 5.94. The maximum atomic E-state index is 6.43. The fourth-order valence-corrected chi connectivity index (χ4v) is 3.63. The van der Waals surface area contributed by atoms with Gasteiger partial charge in [0.1, 0.15) is 11.9 Å². The predicted octanol–water partition coefficient (Wildman–Crippen LogP) is 3.62. The molecule has 2 aliphatic rings. The summed E-state index contributed by atoms with van der Waals surface area (Å²) in [5.74, 6) is 1.50. The van der Waals surface area contributed by atoms with Crippen LogP contribution in [0.15, 0.2) is 36.5 Å². The first-order chi connectivity index (χ1) is 10.3. The Morgan fingerprint density at radius 1 is 1.19 bits per heavy atom. The Hall–Kier alpha value is -1.45. The number of ether oxygens (including phenoxy) is 1. The van der Waals surface area contributed by atoms with Gasteiger partial charge in [0.25, 0.3) is 0 Å². The quantitative estimate of drug-likeness (QED) is 0.871. The van der Waals surface area contributed by atoms with Crippen LogP contribution in [0.25, 0.3) is 0 Å². The van der Waals surface area contributed by atoms with Gasteiger partial charge in [0.15, 0.2) is 0 Å². The van der Waals surface area contributed by atoms with Crippen LogP contribution in [-0.2, 0) is 6.54 Å². The van der Waals surface area contributed by atoms with Gasteiger partial charge in [-0.25, -0.2) is 0 Å². The van der Waals surface area contributed by atoms with Crippen LogP contribution in [0.3, 0.4) is 0 Å². The molecule has 1 aromatic heterocycles. The number of hydrogen-bond acceptors (Lipinski definition) is 2. The van der Waals surface area contributed by atoms with Gasteiger partial charge in [-0.15, -0.1) is 0 Å². The van der Waals surface area contributed by atoms with Gasteiger partial charge in [-0.1, -0.05) is 17.7 Å². The molecule has 2 aromatic rings. The molecule has 1 N–H and O–H groups in total. The molecular formula is C17H19ClN2O. The Morgan fingerprint density at radius 3 is 2.90 bits per heavy atom. The molecule has 1 unspecified atom stereocenters. The minimum Gasteiger partial charge on any atom is -0.484 e. The van der Waals surface area contributed by atoms with E-state index in [0.717, 1.165) is 43.2 Å². The molecule has 0 saturated carbocycles. The van der Waals surface area contributed by atoms with E-state index in [-0.39, 0.29) is 6.10 Å². The van der Waals surface area contributed by atoms with Crippen LogP contribution in [0.4, 0.5) is 0 Å². The lowest BCUT2D eigenvalue weighted by molar-refractivity contribution is 0.109. The van der Waals surface area contributed by atoms with Crippen molar-refractivity contribution in [2.45, 2.75) is 25.5 Å². The Morgan fingerprint density at radius 2 is 2.05 bits per heavy atom. The topological polar surface area (TPSA) is 26.2 Å². The third kappa shape index (κ3) is 2.45. The largest absolute Gasteiger partial charge is 0.484 e. The summed E-state index contributed by atoms with van der Waals surface area (Å²) < 4.78 is 8.74. The molecule has 4 heteroatoms. The van der Waals surface area contributed by atoms with Gasteiger partial charge in [0.2, 0.25) is 0 Å². The van der Waals surface area contributed by atoms with E-state index in [9.17, 15) is 0 Å². The molecule has 4 rings (SSSR count). The maximum absolute atomic E-state index is 6.43. The molecule has 2 aliphatic heterocycles. The number of benzene rings is 1. The van der Waals surface area contributed by atoms with Gasteiger partial charge >= 0.3 is 0 Å². The van der Waals surface area contributed by atoms with Gasteiger partial charge in [-0.2, -0.15) is 0 Å². The third-order valence-corrected chi connectivity index (χ3v) is 4.83. The molecule has 0 bridgehead atoms. The zero-order valence-corrected chi connectivity index (χ0v) is 12.6. The fraction of sp³-hybridized carbons (Fsp3) is 0.412. The van der Waals surface area contributed by atoms with Gasteiger partial charge in [-0.05, 0) is 50.2 Å². The molecule has 1 fully saturated rings. The van der Waals surface area contributed by atoms with E-state index < -0.39 is 0 Å². The maximum Gasteiger partial charge on any atom is 0.141 e. The van der Waals surface area contributed by atoms with E-state index in [1.54, 1.807) is 0 Å². The Bertz CT molecular complexity index is 646. The second-order valence-corrected chi connectivity index (χ2v) is 6.38. The summed E-state index contributed by atoms with van der Waals surface area (Å²) in [5.41, 5.74) is 2.49. The van der Waals surface area contributed by atoms with Crippen molar-refractivity contribution >= 4 is 11.6 Å². The summed E-state index contributed by atoms with van der Waals surface area (Å²) >= 11 is 6.15. The lowest BCUT2D eigenvalue weighted by atomic mass is 9.90. The smallest absolute Gasteiger partial charge is 0.141 e. The van der Waals surface area contributed by atoms with Crippen molar-refractivity contribution in [3.05, 3.63) is 52.8 Å². The predicted molar refractivity (Wildman–Crippen MR) is 83.9 cm³/mol. The van der Waals surface area contributed by atoms with Crippen molar-refractivity contribution in [2.75, 3.05) is 13.1 Å². The molecule has 0 radical (unpaired) electrons. The Balaban J connectivity index is 1.75.